The summed E-state index contributed by atoms with van der Waals surface area (Å²) >= 11 is 0. The summed E-state index contributed by atoms with van der Waals surface area (Å²) in [5, 5.41) is 10.6. The molecule has 3 atom stereocenters. The van der Waals surface area contributed by atoms with E-state index in [1.165, 1.54) is 38.6 Å². The fourth-order valence-corrected chi connectivity index (χ4v) is 6.97. The van der Waals surface area contributed by atoms with Gasteiger partial charge in [-0.15, -0.1) is 0 Å². The van der Waals surface area contributed by atoms with E-state index in [4.69, 9.17) is 0 Å². The van der Waals surface area contributed by atoms with Gasteiger partial charge in [0.25, 0.3) is 0 Å². The molecular formula is C27H32N2. The van der Waals surface area contributed by atoms with Crippen LogP contribution in [-0.4, -0.2) is 24.0 Å². The van der Waals surface area contributed by atoms with Gasteiger partial charge in [0.1, 0.15) is 5.41 Å². The van der Waals surface area contributed by atoms with E-state index in [0.717, 1.165) is 41.5 Å². The quantitative estimate of drug-likeness (QED) is 0.667. The van der Waals surface area contributed by atoms with Crippen molar-refractivity contribution in [3.8, 4) is 6.07 Å². The number of hydrogen-bond acceptors (Lipinski definition) is 2. The van der Waals surface area contributed by atoms with Crippen LogP contribution in [0.4, 0.5) is 0 Å². The molecule has 2 heteroatoms. The smallest absolute Gasteiger partial charge is 0.111 e. The Balaban J connectivity index is 1.49. The zero-order valence-corrected chi connectivity index (χ0v) is 17.5. The van der Waals surface area contributed by atoms with Crippen LogP contribution in [0.1, 0.15) is 50.2 Å². The van der Waals surface area contributed by atoms with Gasteiger partial charge in [0.15, 0.2) is 0 Å². The Morgan fingerprint density at radius 2 is 1.38 bits per heavy atom. The van der Waals surface area contributed by atoms with Crippen molar-refractivity contribution in [3.63, 3.8) is 0 Å². The maximum absolute atomic E-state index is 10.6. The van der Waals surface area contributed by atoms with Gasteiger partial charge in [0, 0.05) is 19.1 Å². The average Bonchev–Trinajstić information content (AvgIpc) is 2.93. The molecule has 0 spiro atoms. The standard InChI is InChI=1S/C27H32N2/c1-20(17-29-18-23-13-21-12-22(14-23)16-26(29)15-21)27(19-28,24-8-4-2-5-9-24)25-10-6-3-7-11-25/h2-11,20-23,26H,12-18H2,1H3. The Bertz CT molecular complexity index is 815. The highest BCUT2D eigenvalue weighted by atomic mass is 15.2. The summed E-state index contributed by atoms with van der Waals surface area (Å²) in [6.45, 7) is 4.56. The van der Waals surface area contributed by atoms with E-state index in [2.05, 4.69) is 66.4 Å². The van der Waals surface area contributed by atoms with E-state index in [0.29, 0.717) is 0 Å². The Labute approximate surface area is 175 Å². The summed E-state index contributed by atoms with van der Waals surface area (Å²) in [6.07, 6.45) is 7.13. The van der Waals surface area contributed by atoms with Crippen LogP contribution >= 0.6 is 0 Å². The highest BCUT2D eigenvalue weighted by Gasteiger charge is 2.46. The maximum Gasteiger partial charge on any atom is 0.111 e. The number of nitrogens with zero attached hydrogens (tertiary/aromatic N) is 2. The van der Waals surface area contributed by atoms with Crippen molar-refractivity contribution in [3.05, 3.63) is 71.8 Å². The molecule has 150 valence electrons. The summed E-state index contributed by atoms with van der Waals surface area (Å²) in [6, 6.07) is 24.5. The Kier molecular flexibility index (Phi) is 4.96. The van der Waals surface area contributed by atoms with Gasteiger partial charge in [-0.3, -0.25) is 4.90 Å². The SMILES string of the molecule is CC(CN1CC2CC3CC(C2)CC1C3)C(C#N)(c1ccccc1)c1ccccc1. The van der Waals surface area contributed by atoms with Crippen LogP contribution in [0.5, 0.6) is 0 Å². The monoisotopic (exact) mass is 384 g/mol. The van der Waals surface area contributed by atoms with Gasteiger partial charge in [-0.2, -0.15) is 5.26 Å². The van der Waals surface area contributed by atoms with Gasteiger partial charge >= 0.3 is 0 Å². The molecule has 0 aromatic heterocycles. The minimum absolute atomic E-state index is 0.230. The maximum atomic E-state index is 10.6. The first-order chi connectivity index (χ1) is 14.2. The molecule has 2 nitrogen and oxygen atoms in total. The second-order valence-corrected chi connectivity index (χ2v) is 9.94. The molecule has 0 amide bonds. The van der Waals surface area contributed by atoms with E-state index in [1.54, 1.807) is 0 Å². The lowest BCUT2D eigenvalue weighted by molar-refractivity contribution is 0.111. The van der Waals surface area contributed by atoms with Crippen LogP contribution in [-0.2, 0) is 5.41 Å². The van der Waals surface area contributed by atoms with E-state index >= 15 is 0 Å². The molecule has 2 aliphatic carbocycles. The summed E-state index contributed by atoms with van der Waals surface area (Å²) in [5.74, 6) is 3.03. The number of rotatable bonds is 5. The van der Waals surface area contributed by atoms with E-state index in [1.807, 2.05) is 12.1 Å². The van der Waals surface area contributed by atoms with Crippen molar-refractivity contribution in [1.82, 2.24) is 4.90 Å². The predicted molar refractivity (Wildman–Crippen MR) is 117 cm³/mol. The fourth-order valence-electron chi connectivity index (χ4n) is 6.97. The normalized spacial score (nSPS) is 29.9. The number of hydrogen-bond donors (Lipinski definition) is 0. The first-order valence-electron chi connectivity index (χ1n) is 11.5. The number of benzene rings is 2. The van der Waals surface area contributed by atoms with Crippen molar-refractivity contribution < 1.29 is 0 Å². The largest absolute Gasteiger partial charge is 0.300 e. The third-order valence-corrected chi connectivity index (χ3v) is 8.10. The second-order valence-electron chi connectivity index (χ2n) is 9.94. The van der Waals surface area contributed by atoms with E-state index in [-0.39, 0.29) is 5.92 Å². The summed E-state index contributed by atoms with van der Waals surface area (Å²) in [4.78, 5) is 2.78. The Hall–Kier alpha value is -2.11. The average molecular weight is 385 g/mol. The fraction of sp³-hybridized carbons (Fsp3) is 0.519. The van der Waals surface area contributed by atoms with Gasteiger partial charge in [-0.1, -0.05) is 67.6 Å². The van der Waals surface area contributed by atoms with Gasteiger partial charge in [-0.25, -0.2) is 0 Å². The molecule has 2 heterocycles. The number of fused-ring (bicyclic) bond motifs is 1. The highest BCUT2D eigenvalue weighted by molar-refractivity contribution is 5.46. The van der Waals surface area contributed by atoms with Crippen LogP contribution in [0.15, 0.2) is 60.7 Å². The minimum Gasteiger partial charge on any atom is -0.300 e. The van der Waals surface area contributed by atoms with Crippen LogP contribution < -0.4 is 0 Å². The zero-order valence-electron chi connectivity index (χ0n) is 17.5. The predicted octanol–water partition coefficient (Wildman–Crippen LogP) is 5.64. The Morgan fingerprint density at radius 3 is 1.90 bits per heavy atom. The van der Waals surface area contributed by atoms with Crippen LogP contribution in [0.3, 0.4) is 0 Å². The lowest BCUT2D eigenvalue weighted by atomic mass is 9.67. The van der Waals surface area contributed by atoms with Gasteiger partial charge in [0.2, 0.25) is 0 Å². The third kappa shape index (κ3) is 3.30. The van der Waals surface area contributed by atoms with Crippen molar-refractivity contribution in [2.24, 2.45) is 23.7 Å². The number of nitriles is 1. The summed E-state index contributed by atoms with van der Waals surface area (Å²) in [5.41, 5.74) is 1.65. The first-order valence-corrected chi connectivity index (χ1v) is 11.5. The van der Waals surface area contributed by atoms with Crippen LogP contribution in [0.2, 0.25) is 0 Å². The molecule has 4 bridgehead atoms. The third-order valence-electron chi connectivity index (χ3n) is 8.10. The molecular weight excluding hydrogens is 352 g/mol. The molecule has 0 radical (unpaired) electrons. The van der Waals surface area contributed by atoms with Crippen LogP contribution in [0.25, 0.3) is 0 Å². The van der Waals surface area contributed by atoms with Crippen molar-refractivity contribution in [1.29, 1.82) is 5.26 Å². The van der Waals surface area contributed by atoms with Crippen molar-refractivity contribution in [2.75, 3.05) is 13.1 Å². The topological polar surface area (TPSA) is 27.0 Å². The first kappa shape index (κ1) is 18.9. The lowest BCUT2D eigenvalue weighted by Crippen LogP contribution is -2.45. The summed E-state index contributed by atoms with van der Waals surface area (Å²) < 4.78 is 0. The van der Waals surface area contributed by atoms with Crippen molar-refractivity contribution >= 4 is 0 Å². The highest BCUT2D eigenvalue weighted by Crippen LogP contribution is 2.48. The molecule has 2 aliphatic heterocycles. The Morgan fingerprint density at radius 1 is 0.862 bits per heavy atom. The molecule has 2 saturated carbocycles. The summed E-state index contributed by atoms with van der Waals surface area (Å²) in [7, 11) is 0. The minimum atomic E-state index is -0.605. The molecule has 4 fully saturated rings. The molecule has 2 aromatic rings. The zero-order chi connectivity index (χ0) is 19.8. The molecule has 29 heavy (non-hydrogen) atoms. The van der Waals surface area contributed by atoms with E-state index < -0.39 is 5.41 Å². The molecule has 4 aliphatic rings. The molecule has 3 unspecified atom stereocenters. The molecule has 2 aromatic carbocycles. The van der Waals surface area contributed by atoms with E-state index in [9.17, 15) is 5.26 Å². The van der Waals surface area contributed by atoms with Gasteiger partial charge < -0.3 is 0 Å². The van der Waals surface area contributed by atoms with Gasteiger partial charge in [-0.05, 0) is 66.9 Å². The van der Waals surface area contributed by atoms with Crippen LogP contribution in [0, 0.1) is 35.0 Å². The molecule has 0 N–H and O–H groups in total. The lowest BCUT2D eigenvalue weighted by Gasteiger charge is -2.41. The molecule has 2 saturated heterocycles. The molecule has 6 rings (SSSR count). The second kappa shape index (κ2) is 7.62. The van der Waals surface area contributed by atoms with Crippen molar-refractivity contribution in [2.45, 2.75) is 50.5 Å². The van der Waals surface area contributed by atoms with Gasteiger partial charge in [0.05, 0.1) is 6.07 Å².